The largest absolute Gasteiger partial charge is 0.454 e. The molecule has 2 aromatic carbocycles. The van der Waals surface area contributed by atoms with Gasteiger partial charge in [0.05, 0.1) is 17.9 Å². The summed E-state index contributed by atoms with van der Waals surface area (Å²) in [5, 5.41) is 4.60. The molecule has 0 bridgehead atoms. The molecule has 0 saturated carbocycles. The first-order chi connectivity index (χ1) is 13.7. The maximum absolute atomic E-state index is 13.2. The van der Waals surface area contributed by atoms with E-state index in [0.29, 0.717) is 29.4 Å². The molecule has 0 fully saturated rings. The fourth-order valence-corrected chi connectivity index (χ4v) is 4.55. The third-order valence-corrected chi connectivity index (χ3v) is 5.92. The van der Waals surface area contributed by atoms with Crippen LogP contribution >= 0.6 is 0 Å². The van der Waals surface area contributed by atoms with Crippen LogP contribution in [0.15, 0.2) is 59.6 Å². The molecule has 152 valence electrons. The van der Waals surface area contributed by atoms with E-state index in [1.54, 1.807) is 29.1 Å². The van der Waals surface area contributed by atoms with E-state index in [1.807, 2.05) is 51.1 Å². The standard InChI is InChI=1S/C21H23N3O4S/c1-21(2,3)20-19(13-24(22-20)12-15-7-5-4-6-8-15)29(25,26)23-16-9-10-17-18(11-16)28-14-27-17/h4-11,13,23H,12,14H2,1-3H3. The molecule has 1 aliphatic rings. The Morgan fingerprint density at radius 3 is 2.52 bits per heavy atom. The van der Waals surface area contributed by atoms with Gasteiger partial charge in [-0.2, -0.15) is 5.10 Å². The molecule has 1 N–H and O–H groups in total. The van der Waals surface area contributed by atoms with Crippen LogP contribution in [-0.2, 0) is 22.0 Å². The van der Waals surface area contributed by atoms with E-state index in [4.69, 9.17) is 9.47 Å². The molecule has 29 heavy (non-hydrogen) atoms. The molecule has 7 nitrogen and oxygen atoms in total. The van der Waals surface area contributed by atoms with Crippen LogP contribution in [0.25, 0.3) is 0 Å². The minimum Gasteiger partial charge on any atom is -0.454 e. The van der Waals surface area contributed by atoms with E-state index in [0.717, 1.165) is 5.56 Å². The van der Waals surface area contributed by atoms with Gasteiger partial charge in [0.25, 0.3) is 10.0 Å². The number of benzene rings is 2. The Hall–Kier alpha value is -3.00. The highest BCUT2D eigenvalue weighted by Crippen LogP contribution is 2.35. The van der Waals surface area contributed by atoms with E-state index in [-0.39, 0.29) is 11.7 Å². The predicted octanol–water partition coefficient (Wildman–Crippen LogP) is 3.76. The second-order valence-corrected chi connectivity index (χ2v) is 9.60. The van der Waals surface area contributed by atoms with Crippen molar-refractivity contribution < 1.29 is 17.9 Å². The van der Waals surface area contributed by atoms with Crippen molar-refractivity contribution >= 4 is 15.7 Å². The van der Waals surface area contributed by atoms with Gasteiger partial charge in [0.2, 0.25) is 6.79 Å². The van der Waals surface area contributed by atoms with Gasteiger partial charge >= 0.3 is 0 Å². The quantitative estimate of drug-likeness (QED) is 0.689. The lowest BCUT2D eigenvalue weighted by atomic mass is 9.92. The summed E-state index contributed by atoms with van der Waals surface area (Å²) >= 11 is 0. The van der Waals surface area contributed by atoms with Gasteiger partial charge in [-0.1, -0.05) is 51.1 Å². The molecule has 1 aromatic heterocycles. The third-order valence-electron chi connectivity index (χ3n) is 4.54. The Bertz CT molecular complexity index is 1130. The molecule has 4 rings (SSSR count). The lowest BCUT2D eigenvalue weighted by Gasteiger charge is -2.18. The monoisotopic (exact) mass is 413 g/mol. The number of aromatic nitrogens is 2. The zero-order valence-electron chi connectivity index (χ0n) is 16.5. The fraction of sp³-hybridized carbons (Fsp3) is 0.286. The molecule has 3 aromatic rings. The van der Waals surface area contributed by atoms with Gasteiger partial charge in [-0.3, -0.25) is 9.40 Å². The molecule has 0 aliphatic carbocycles. The van der Waals surface area contributed by atoms with Crippen molar-refractivity contribution in [2.75, 3.05) is 11.5 Å². The molecule has 8 heteroatoms. The second kappa shape index (κ2) is 7.11. The molecule has 0 unspecified atom stereocenters. The summed E-state index contributed by atoms with van der Waals surface area (Å²) in [7, 11) is -3.85. The number of nitrogens with zero attached hydrogens (tertiary/aromatic N) is 2. The van der Waals surface area contributed by atoms with Crippen molar-refractivity contribution in [1.29, 1.82) is 0 Å². The average molecular weight is 413 g/mol. The van der Waals surface area contributed by atoms with Crippen molar-refractivity contribution in [3.8, 4) is 11.5 Å². The molecular formula is C21H23N3O4S. The Labute approximate surface area is 170 Å². The van der Waals surface area contributed by atoms with Crippen LogP contribution in [0.4, 0.5) is 5.69 Å². The summed E-state index contributed by atoms with van der Waals surface area (Å²) < 4.78 is 41.3. The molecule has 0 atom stereocenters. The summed E-state index contributed by atoms with van der Waals surface area (Å²) in [5.41, 5.74) is 1.52. The molecule has 2 heterocycles. The van der Waals surface area contributed by atoms with Crippen molar-refractivity contribution in [3.05, 3.63) is 66.0 Å². The topological polar surface area (TPSA) is 82.5 Å². The first-order valence-electron chi connectivity index (χ1n) is 9.27. The fourth-order valence-electron chi connectivity index (χ4n) is 3.14. The van der Waals surface area contributed by atoms with Crippen LogP contribution in [0, 0.1) is 0 Å². The van der Waals surface area contributed by atoms with Gasteiger partial charge in [0.1, 0.15) is 4.90 Å². The maximum atomic E-state index is 13.2. The van der Waals surface area contributed by atoms with Crippen molar-refractivity contribution in [1.82, 2.24) is 9.78 Å². The normalized spacial score (nSPS) is 13.5. The number of rotatable bonds is 5. The predicted molar refractivity (Wildman–Crippen MR) is 110 cm³/mol. The van der Waals surface area contributed by atoms with Crippen LogP contribution in [0.2, 0.25) is 0 Å². The van der Waals surface area contributed by atoms with Crippen molar-refractivity contribution in [3.63, 3.8) is 0 Å². The van der Waals surface area contributed by atoms with Crippen molar-refractivity contribution in [2.24, 2.45) is 0 Å². The Morgan fingerprint density at radius 2 is 1.79 bits per heavy atom. The van der Waals surface area contributed by atoms with Gasteiger partial charge in [0.15, 0.2) is 11.5 Å². The van der Waals surface area contributed by atoms with Crippen LogP contribution in [0.5, 0.6) is 11.5 Å². The molecule has 0 saturated heterocycles. The minimum atomic E-state index is -3.85. The minimum absolute atomic E-state index is 0.131. The van der Waals surface area contributed by atoms with Gasteiger partial charge in [-0.15, -0.1) is 0 Å². The van der Waals surface area contributed by atoms with Gasteiger partial charge in [-0.25, -0.2) is 8.42 Å². The SMILES string of the molecule is CC(C)(C)c1nn(Cc2ccccc2)cc1S(=O)(=O)Nc1ccc2c(c1)OCO2. The molecule has 0 amide bonds. The number of hydrogen-bond acceptors (Lipinski definition) is 5. The lowest BCUT2D eigenvalue weighted by Crippen LogP contribution is -2.20. The number of ether oxygens (including phenoxy) is 2. The van der Waals surface area contributed by atoms with Gasteiger partial charge < -0.3 is 9.47 Å². The lowest BCUT2D eigenvalue weighted by molar-refractivity contribution is 0.174. The Kier molecular flexibility index (Phi) is 4.74. The molecular weight excluding hydrogens is 390 g/mol. The van der Waals surface area contributed by atoms with E-state index in [9.17, 15) is 8.42 Å². The maximum Gasteiger partial charge on any atom is 0.265 e. The summed E-state index contributed by atoms with van der Waals surface area (Å²) in [6.07, 6.45) is 1.59. The molecule has 0 spiro atoms. The first kappa shape index (κ1) is 19.3. The summed E-state index contributed by atoms with van der Waals surface area (Å²) in [5.74, 6) is 1.11. The van der Waals surface area contributed by atoms with E-state index >= 15 is 0 Å². The Balaban J connectivity index is 1.68. The third kappa shape index (κ3) is 4.07. The number of sulfonamides is 1. The summed E-state index contributed by atoms with van der Waals surface area (Å²) in [6.45, 7) is 6.46. The number of fused-ring (bicyclic) bond motifs is 1. The van der Waals surface area contributed by atoms with Crippen LogP contribution in [-0.4, -0.2) is 25.0 Å². The Morgan fingerprint density at radius 1 is 1.07 bits per heavy atom. The van der Waals surface area contributed by atoms with Gasteiger partial charge in [-0.05, 0) is 17.7 Å². The average Bonchev–Trinajstić information content (AvgIpc) is 3.29. The summed E-state index contributed by atoms with van der Waals surface area (Å²) in [6, 6.07) is 14.8. The van der Waals surface area contributed by atoms with E-state index in [1.165, 1.54) is 0 Å². The number of anilines is 1. The molecule has 1 aliphatic heterocycles. The van der Waals surface area contributed by atoms with Crippen LogP contribution in [0.1, 0.15) is 32.0 Å². The summed E-state index contributed by atoms with van der Waals surface area (Å²) in [4.78, 5) is 0.165. The number of nitrogens with one attached hydrogen (secondary N) is 1. The van der Waals surface area contributed by atoms with Crippen molar-refractivity contribution in [2.45, 2.75) is 37.6 Å². The van der Waals surface area contributed by atoms with Gasteiger partial charge in [0, 0.05) is 17.7 Å². The van der Waals surface area contributed by atoms with E-state index < -0.39 is 15.4 Å². The zero-order valence-corrected chi connectivity index (χ0v) is 17.4. The highest BCUT2D eigenvalue weighted by Gasteiger charge is 2.30. The highest BCUT2D eigenvalue weighted by molar-refractivity contribution is 7.92. The smallest absolute Gasteiger partial charge is 0.265 e. The zero-order chi connectivity index (χ0) is 20.6. The first-order valence-corrected chi connectivity index (χ1v) is 10.7. The number of hydrogen-bond donors (Lipinski definition) is 1. The molecule has 0 radical (unpaired) electrons. The van der Waals surface area contributed by atoms with Crippen LogP contribution < -0.4 is 14.2 Å². The van der Waals surface area contributed by atoms with E-state index in [2.05, 4.69) is 9.82 Å². The van der Waals surface area contributed by atoms with Crippen LogP contribution in [0.3, 0.4) is 0 Å². The second-order valence-electron chi connectivity index (χ2n) is 7.95. The highest BCUT2D eigenvalue weighted by atomic mass is 32.2.